The average Bonchev–Trinajstić information content (AvgIpc) is 3.11. The molecule has 0 aliphatic carbocycles. The molecule has 0 fully saturated rings. The molecule has 0 saturated heterocycles. The number of carboxylic acids is 1. The van der Waals surface area contributed by atoms with Crippen LogP contribution in [0.2, 0.25) is 0 Å². The molecule has 3 aromatic rings. The Balaban J connectivity index is 0.000000383. The van der Waals surface area contributed by atoms with Crippen molar-refractivity contribution in [3.8, 4) is 5.82 Å². The van der Waals surface area contributed by atoms with Gasteiger partial charge in [-0.2, -0.15) is 18.3 Å². The fraction of sp³-hybridized carbons (Fsp3) is 0.364. The number of halogens is 3. The van der Waals surface area contributed by atoms with Crippen LogP contribution in [0.5, 0.6) is 0 Å². The van der Waals surface area contributed by atoms with E-state index in [4.69, 9.17) is 9.90 Å². The van der Waals surface area contributed by atoms with Crippen molar-refractivity contribution in [1.82, 2.24) is 24.6 Å². The lowest BCUT2D eigenvalue weighted by Crippen LogP contribution is -2.34. The number of alkyl halides is 3. The Kier molecular flexibility index (Phi) is 7.64. The first-order chi connectivity index (χ1) is 15.6. The normalized spacial score (nSPS) is 13.6. The summed E-state index contributed by atoms with van der Waals surface area (Å²) in [6.07, 6.45) is -0.448. The Labute approximate surface area is 189 Å². The quantitative estimate of drug-likeness (QED) is 0.600. The molecule has 2 N–H and O–H groups in total. The number of aliphatic carboxylic acids is 1. The minimum absolute atomic E-state index is 0.743. The van der Waals surface area contributed by atoms with Gasteiger partial charge in [0.05, 0.1) is 18.1 Å². The summed E-state index contributed by atoms with van der Waals surface area (Å²) in [4.78, 5) is 20.3. The van der Waals surface area contributed by atoms with E-state index in [1.165, 1.54) is 11.1 Å². The number of carbonyl (C=O) groups is 1. The first-order valence-electron chi connectivity index (χ1n) is 10.3. The van der Waals surface area contributed by atoms with Crippen LogP contribution in [-0.4, -0.2) is 61.5 Å². The van der Waals surface area contributed by atoms with E-state index in [0.29, 0.717) is 0 Å². The maximum atomic E-state index is 10.6. The van der Waals surface area contributed by atoms with Gasteiger partial charge in [0.25, 0.3) is 0 Å². The standard InChI is InChI=1S/C20H24N6.C2HF3O2/c1-15-11-16(2)26(24-15)20-13-21-12-19(23-20)22-8-10-25-9-7-17-5-3-4-6-18(17)14-25;3-2(4,5)1(6)7/h3-6,11-13H,7-10,14H2,1-2H3,(H,22,23);(H,6,7). The summed E-state index contributed by atoms with van der Waals surface area (Å²) in [6.45, 7) is 7.97. The zero-order chi connectivity index (χ0) is 24.0. The van der Waals surface area contributed by atoms with E-state index in [2.05, 4.69) is 49.5 Å². The molecule has 1 aromatic carbocycles. The molecule has 4 rings (SSSR count). The van der Waals surface area contributed by atoms with Gasteiger partial charge in [-0.05, 0) is 37.5 Å². The lowest BCUT2D eigenvalue weighted by molar-refractivity contribution is -0.192. The number of aromatic nitrogens is 4. The van der Waals surface area contributed by atoms with Gasteiger partial charge < -0.3 is 10.4 Å². The SMILES string of the molecule is Cc1cc(C)n(-c2cncc(NCCN3CCc4ccccc4C3)n2)n1.O=C(O)C(F)(F)F. The van der Waals surface area contributed by atoms with E-state index in [1.54, 1.807) is 12.4 Å². The highest BCUT2D eigenvalue weighted by molar-refractivity contribution is 5.73. The van der Waals surface area contributed by atoms with Gasteiger partial charge >= 0.3 is 12.1 Å². The predicted octanol–water partition coefficient (Wildman–Crippen LogP) is 3.38. The number of aryl methyl sites for hydroxylation is 2. The highest BCUT2D eigenvalue weighted by Gasteiger charge is 2.38. The number of rotatable bonds is 5. The van der Waals surface area contributed by atoms with E-state index >= 15 is 0 Å². The van der Waals surface area contributed by atoms with Gasteiger partial charge in [0, 0.05) is 31.9 Å². The minimum Gasteiger partial charge on any atom is -0.475 e. The topological polar surface area (TPSA) is 96.2 Å². The number of anilines is 1. The fourth-order valence-corrected chi connectivity index (χ4v) is 3.49. The van der Waals surface area contributed by atoms with Crippen LogP contribution in [0.4, 0.5) is 19.0 Å². The number of benzene rings is 1. The summed E-state index contributed by atoms with van der Waals surface area (Å²) in [6, 6.07) is 10.8. The van der Waals surface area contributed by atoms with Crippen LogP contribution >= 0.6 is 0 Å². The smallest absolute Gasteiger partial charge is 0.475 e. The molecule has 3 heterocycles. The van der Waals surface area contributed by atoms with Crippen LogP contribution in [0, 0.1) is 13.8 Å². The number of nitrogens with one attached hydrogen (secondary N) is 1. The van der Waals surface area contributed by atoms with Crippen molar-refractivity contribution in [3.63, 3.8) is 0 Å². The Hall–Kier alpha value is -3.47. The van der Waals surface area contributed by atoms with Gasteiger partial charge in [-0.25, -0.2) is 14.5 Å². The summed E-state index contributed by atoms with van der Waals surface area (Å²) in [5.74, 6) is -1.23. The Morgan fingerprint density at radius 3 is 2.52 bits per heavy atom. The molecule has 0 radical (unpaired) electrons. The van der Waals surface area contributed by atoms with Crippen molar-refractivity contribution in [3.05, 3.63) is 65.2 Å². The first kappa shape index (κ1) is 24.2. The molecule has 1 aliphatic heterocycles. The van der Waals surface area contributed by atoms with Gasteiger partial charge in [0.2, 0.25) is 0 Å². The van der Waals surface area contributed by atoms with Crippen molar-refractivity contribution in [2.75, 3.05) is 25.0 Å². The summed E-state index contributed by atoms with van der Waals surface area (Å²) in [5.41, 5.74) is 4.97. The summed E-state index contributed by atoms with van der Waals surface area (Å²) in [7, 11) is 0. The number of hydrogen-bond donors (Lipinski definition) is 2. The van der Waals surface area contributed by atoms with Crippen LogP contribution in [0.1, 0.15) is 22.5 Å². The van der Waals surface area contributed by atoms with Crippen LogP contribution in [-0.2, 0) is 17.8 Å². The van der Waals surface area contributed by atoms with E-state index in [9.17, 15) is 13.2 Å². The Morgan fingerprint density at radius 1 is 1.18 bits per heavy atom. The second-order valence-corrected chi connectivity index (χ2v) is 7.63. The van der Waals surface area contributed by atoms with E-state index < -0.39 is 12.1 Å². The van der Waals surface area contributed by atoms with Crippen molar-refractivity contribution < 1.29 is 23.1 Å². The largest absolute Gasteiger partial charge is 0.490 e. The fourth-order valence-electron chi connectivity index (χ4n) is 3.49. The molecule has 0 saturated carbocycles. The molecule has 176 valence electrons. The second kappa shape index (κ2) is 10.4. The summed E-state index contributed by atoms with van der Waals surface area (Å²) >= 11 is 0. The van der Waals surface area contributed by atoms with Crippen molar-refractivity contribution in [2.45, 2.75) is 33.0 Å². The monoisotopic (exact) mass is 462 g/mol. The molecule has 1 aliphatic rings. The molecule has 0 bridgehead atoms. The molecule has 2 aromatic heterocycles. The van der Waals surface area contributed by atoms with E-state index in [0.717, 1.165) is 55.6 Å². The summed E-state index contributed by atoms with van der Waals surface area (Å²) in [5, 5.41) is 15.0. The molecule has 0 spiro atoms. The number of nitrogens with zero attached hydrogens (tertiary/aromatic N) is 5. The van der Waals surface area contributed by atoms with Crippen molar-refractivity contribution in [1.29, 1.82) is 0 Å². The average molecular weight is 462 g/mol. The highest BCUT2D eigenvalue weighted by Crippen LogP contribution is 2.18. The molecule has 0 atom stereocenters. The van der Waals surface area contributed by atoms with Gasteiger partial charge in [-0.1, -0.05) is 24.3 Å². The van der Waals surface area contributed by atoms with Crippen molar-refractivity contribution in [2.24, 2.45) is 0 Å². The first-order valence-corrected chi connectivity index (χ1v) is 10.3. The van der Waals surface area contributed by atoms with Gasteiger partial charge in [-0.15, -0.1) is 0 Å². The summed E-state index contributed by atoms with van der Waals surface area (Å²) < 4.78 is 33.6. The molecule has 33 heavy (non-hydrogen) atoms. The van der Waals surface area contributed by atoms with Crippen LogP contribution in [0.15, 0.2) is 42.7 Å². The third-order valence-electron chi connectivity index (χ3n) is 5.03. The lowest BCUT2D eigenvalue weighted by atomic mass is 10.00. The molecular weight excluding hydrogens is 437 g/mol. The molecule has 0 amide bonds. The third-order valence-corrected chi connectivity index (χ3v) is 5.03. The van der Waals surface area contributed by atoms with E-state index in [1.807, 2.05) is 24.6 Å². The van der Waals surface area contributed by atoms with E-state index in [-0.39, 0.29) is 0 Å². The van der Waals surface area contributed by atoms with Gasteiger partial charge in [-0.3, -0.25) is 9.88 Å². The van der Waals surface area contributed by atoms with Gasteiger partial charge in [0.1, 0.15) is 5.82 Å². The maximum Gasteiger partial charge on any atom is 0.490 e. The molecule has 8 nitrogen and oxygen atoms in total. The maximum absolute atomic E-state index is 10.6. The number of fused-ring (bicyclic) bond motifs is 1. The Morgan fingerprint density at radius 2 is 1.88 bits per heavy atom. The van der Waals surface area contributed by atoms with Crippen molar-refractivity contribution >= 4 is 11.8 Å². The second-order valence-electron chi connectivity index (χ2n) is 7.63. The van der Waals surface area contributed by atoms with Crippen LogP contribution < -0.4 is 5.32 Å². The van der Waals surface area contributed by atoms with Crippen LogP contribution in [0.3, 0.4) is 0 Å². The number of carboxylic acid groups (broad SMARTS) is 1. The predicted molar refractivity (Wildman–Crippen MR) is 116 cm³/mol. The highest BCUT2D eigenvalue weighted by atomic mass is 19.4. The molecular formula is C22H25F3N6O2. The lowest BCUT2D eigenvalue weighted by Gasteiger charge is -2.28. The molecule has 0 unspecified atom stereocenters. The minimum atomic E-state index is -5.08. The zero-order valence-electron chi connectivity index (χ0n) is 18.3. The third kappa shape index (κ3) is 6.75. The zero-order valence-corrected chi connectivity index (χ0v) is 18.3. The number of hydrogen-bond acceptors (Lipinski definition) is 6. The van der Waals surface area contributed by atoms with Crippen LogP contribution in [0.25, 0.3) is 5.82 Å². The van der Waals surface area contributed by atoms with Gasteiger partial charge in [0.15, 0.2) is 5.82 Å². The molecule has 11 heteroatoms. The Bertz CT molecular complexity index is 1100.